The maximum atomic E-state index is 4.34. The summed E-state index contributed by atoms with van der Waals surface area (Å²) >= 11 is 0. The highest BCUT2D eigenvalue weighted by Gasteiger charge is 2.11. The maximum absolute atomic E-state index is 4.34. The zero-order valence-corrected chi connectivity index (χ0v) is 12.0. The third kappa shape index (κ3) is 3.23. The van der Waals surface area contributed by atoms with Gasteiger partial charge in [0.2, 0.25) is 0 Å². The average molecular weight is 261 g/mol. The van der Waals surface area contributed by atoms with Crippen LogP contribution in [-0.4, -0.2) is 19.6 Å². The minimum atomic E-state index is 0.285. The van der Waals surface area contributed by atoms with Gasteiger partial charge < -0.3 is 5.32 Å². The van der Waals surface area contributed by atoms with Crippen LogP contribution in [0.15, 0.2) is 24.5 Å². The van der Waals surface area contributed by atoms with Gasteiger partial charge in [-0.3, -0.25) is 9.36 Å². The molecule has 0 saturated heterocycles. The molecule has 104 valence electrons. The SMILES string of the molecule is CCCn1nccc1CNC(C)c1ccnn1CC. The molecule has 2 aromatic rings. The quantitative estimate of drug-likeness (QED) is 0.832. The first-order valence-electron chi connectivity index (χ1n) is 7.02. The smallest absolute Gasteiger partial charge is 0.0550 e. The Morgan fingerprint density at radius 2 is 1.89 bits per heavy atom. The van der Waals surface area contributed by atoms with E-state index in [0.717, 1.165) is 26.1 Å². The minimum absolute atomic E-state index is 0.285. The molecule has 0 amide bonds. The predicted octanol–water partition coefficient (Wildman–Crippen LogP) is 2.36. The highest BCUT2D eigenvalue weighted by atomic mass is 15.3. The molecule has 1 unspecified atom stereocenters. The Morgan fingerprint density at radius 3 is 2.63 bits per heavy atom. The molecule has 5 heteroatoms. The van der Waals surface area contributed by atoms with E-state index in [0.29, 0.717) is 0 Å². The van der Waals surface area contributed by atoms with E-state index < -0.39 is 0 Å². The number of nitrogens with zero attached hydrogens (tertiary/aromatic N) is 4. The van der Waals surface area contributed by atoms with Crippen LogP contribution >= 0.6 is 0 Å². The Balaban J connectivity index is 1.96. The minimum Gasteiger partial charge on any atom is -0.303 e. The average Bonchev–Trinajstić information content (AvgIpc) is 3.05. The summed E-state index contributed by atoms with van der Waals surface area (Å²) < 4.78 is 4.10. The van der Waals surface area contributed by atoms with Gasteiger partial charge in [-0.2, -0.15) is 10.2 Å². The zero-order valence-electron chi connectivity index (χ0n) is 12.0. The monoisotopic (exact) mass is 261 g/mol. The molecule has 0 bridgehead atoms. The van der Waals surface area contributed by atoms with E-state index >= 15 is 0 Å². The lowest BCUT2D eigenvalue weighted by Crippen LogP contribution is -2.22. The van der Waals surface area contributed by atoms with Crippen molar-refractivity contribution in [1.29, 1.82) is 0 Å². The molecule has 2 aromatic heterocycles. The second-order valence-electron chi connectivity index (χ2n) is 4.72. The van der Waals surface area contributed by atoms with Crippen molar-refractivity contribution in [3.05, 3.63) is 35.9 Å². The molecular formula is C14H23N5. The third-order valence-corrected chi connectivity index (χ3v) is 3.32. The second-order valence-corrected chi connectivity index (χ2v) is 4.72. The van der Waals surface area contributed by atoms with Gasteiger partial charge in [-0.25, -0.2) is 0 Å². The first-order valence-corrected chi connectivity index (χ1v) is 7.02. The molecule has 1 atom stereocenters. The first-order chi connectivity index (χ1) is 9.26. The van der Waals surface area contributed by atoms with Gasteiger partial charge in [0, 0.05) is 38.1 Å². The Bertz CT molecular complexity index is 499. The van der Waals surface area contributed by atoms with Crippen molar-refractivity contribution in [2.24, 2.45) is 0 Å². The van der Waals surface area contributed by atoms with Gasteiger partial charge in [-0.05, 0) is 32.4 Å². The van der Waals surface area contributed by atoms with Gasteiger partial charge in [0.25, 0.3) is 0 Å². The third-order valence-electron chi connectivity index (χ3n) is 3.32. The lowest BCUT2D eigenvalue weighted by molar-refractivity contribution is 0.485. The molecular weight excluding hydrogens is 238 g/mol. The Labute approximate surface area is 114 Å². The summed E-state index contributed by atoms with van der Waals surface area (Å²) in [4.78, 5) is 0. The van der Waals surface area contributed by atoms with Crippen LogP contribution in [0, 0.1) is 0 Å². The van der Waals surface area contributed by atoms with Crippen molar-refractivity contribution in [2.75, 3.05) is 0 Å². The lowest BCUT2D eigenvalue weighted by atomic mass is 10.2. The largest absolute Gasteiger partial charge is 0.303 e. The van der Waals surface area contributed by atoms with Crippen LogP contribution in [0.4, 0.5) is 0 Å². The van der Waals surface area contributed by atoms with Crippen LogP contribution < -0.4 is 5.32 Å². The van der Waals surface area contributed by atoms with E-state index in [1.54, 1.807) is 0 Å². The molecule has 0 spiro atoms. The normalized spacial score (nSPS) is 12.8. The molecule has 5 nitrogen and oxygen atoms in total. The van der Waals surface area contributed by atoms with Gasteiger partial charge in [0.1, 0.15) is 0 Å². The molecule has 0 radical (unpaired) electrons. The van der Waals surface area contributed by atoms with Crippen molar-refractivity contribution < 1.29 is 0 Å². The highest BCUT2D eigenvalue weighted by molar-refractivity contribution is 5.07. The van der Waals surface area contributed by atoms with Crippen molar-refractivity contribution in [2.45, 2.75) is 52.9 Å². The molecule has 19 heavy (non-hydrogen) atoms. The van der Waals surface area contributed by atoms with Crippen molar-refractivity contribution in [3.63, 3.8) is 0 Å². The van der Waals surface area contributed by atoms with E-state index in [4.69, 9.17) is 0 Å². The van der Waals surface area contributed by atoms with Crippen LogP contribution in [0.5, 0.6) is 0 Å². The number of hydrogen-bond acceptors (Lipinski definition) is 3. The topological polar surface area (TPSA) is 47.7 Å². The number of hydrogen-bond donors (Lipinski definition) is 1. The van der Waals surface area contributed by atoms with Gasteiger partial charge in [0.05, 0.1) is 11.4 Å². The zero-order chi connectivity index (χ0) is 13.7. The van der Waals surface area contributed by atoms with Crippen LogP contribution in [0.1, 0.15) is 44.6 Å². The van der Waals surface area contributed by atoms with Crippen molar-refractivity contribution in [3.8, 4) is 0 Å². The van der Waals surface area contributed by atoms with Gasteiger partial charge in [-0.15, -0.1) is 0 Å². The Morgan fingerprint density at radius 1 is 1.16 bits per heavy atom. The van der Waals surface area contributed by atoms with Gasteiger partial charge in [-0.1, -0.05) is 6.92 Å². The summed E-state index contributed by atoms with van der Waals surface area (Å²) in [6, 6.07) is 4.43. The fourth-order valence-electron chi connectivity index (χ4n) is 2.26. The first kappa shape index (κ1) is 13.8. The second kappa shape index (κ2) is 6.52. The predicted molar refractivity (Wildman–Crippen MR) is 75.7 cm³/mol. The summed E-state index contributed by atoms with van der Waals surface area (Å²) in [7, 11) is 0. The van der Waals surface area contributed by atoms with E-state index in [9.17, 15) is 0 Å². The highest BCUT2D eigenvalue weighted by Crippen LogP contribution is 2.12. The molecule has 2 rings (SSSR count). The number of nitrogens with one attached hydrogen (secondary N) is 1. The van der Waals surface area contributed by atoms with E-state index in [1.807, 2.05) is 17.1 Å². The van der Waals surface area contributed by atoms with Crippen LogP contribution in [0.3, 0.4) is 0 Å². The van der Waals surface area contributed by atoms with Crippen LogP contribution in [-0.2, 0) is 19.6 Å². The molecule has 2 heterocycles. The van der Waals surface area contributed by atoms with E-state index in [2.05, 4.69) is 53.1 Å². The Kier molecular flexibility index (Phi) is 4.74. The molecule has 0 fully saturated rings. The molecule has 0 aliphatic rings. The number of aromatic nitrogens is 4. The van der Waals surface area contributed by atoms with Gasteiger partial charge >= 0.3 is 0 Å². The number of rotatable bonds is 7. The number of aryl methyl sites for hydroxylation is 2. The summed E-state index contributed by atoms with van der Waals surface area (Å²) in [6.07, 6.45) is 4.83. The van der Waals surface area contributed by atoms with Gasteiger partial charge in [0.15, 0.2) is 0 Å². The standard InChI is InChI=1S/C14H23N5/c1-4-10-19-13(6-8-17-19)11-15-12(3)14-7-9-16-18(14)5-2/h6-9,12,15H,4-5,10-11H2,1-3H3. The van der Waals surface area contributed by atoms with Crippen molar-refractivity contribution >= 4 is 0 Å². The Hall–Kier alpha value is -1.62. The fourth-order valence-corrected chi connectivity index (χ4v) is 2.26. The summed E-state index contributed by atoms with van der Waals surface area (Å²) in [5.74, 6) is 0. The molecule has 0 aliphatic heterocycles. The summed E-state index contributed by atoms with van der Waals surface area (Å²) in [6.45, 7) is 9.16. The van der Waals surface area contributed by atoms with E-state index in [-0.39, 0.29) is 6.04 Å². The van der Waals surface area contributed by atoms with Crippen LogP contribution in [0.2, 0.25) is 0 Å². The molecule has 0 aliphatic carbocycles. The fraction of sp³-hybridized carbons (Fsp3) is 0.571. The van der Waals surface area contributed by atoms with E-state index in [1.165, 1.54) is 11.4 Å². The molecule has 1 N–H and O–H groups in total. The summed E-state index contributed by atoms with van der Waals surface area (Å²) in [5, 5.41) is 12.2. The van der Waals surface area contributed by atoms with Crippen LogP contribution in [0.25, 0.3) is 0 Å². The molecule has 0 saturated carbocycles. The lowest BCUT2D eigenvalue weighted by Gasteiger charge is -2.15. The summed E-state index contributed by atoms with van der Waals surface area (Å²) in [5.41, 5.74) is 2.46. The van der Waals surface area contributed by atoms with Crippen molar-refractivity contribution in [1.82, 2.24) is 24.9 Å². The molecule has 0 aromatic carbocycles. The maximum Gasteiger partial charge on any atom is 0.0550 e.